The topological polar surface area (TPSA) is 27.7 Å². The number of allylic oxidation sites excluding steroid dienone is 4. The van der Waals surface area contributed by atoms with Gasteiger partial charge >= 0.3 is 0 Å². The molecule has 0 fully saturated rings. The average Bonchev–Trinajstić information content (AvgIpc) is 2.77. The molecule has 196 valence electrons. The molecule has 33 heavy (non-hydrogen) atoms. The first-order valence-electron chi connectivity index (χ1n) is 13.1. The van der Waals surface area contributed by atoms with Gasteiger partial charge in [0.2, 0.25) is 0 Å². The highest BCUT2D eigenvalue weighted by Gasteiger charge is 2.24. The minimum Gasteiger partial charge on any atom is -0.353 e. The molecule has 0 aliphatic heterocycles. The van der Waals surface area contributed by atoms with Crippen molar-refractivity contribution in [3.8, 4) is 0 Å². The summed E-state index contributed by atoms with van der Waals surface area (Å²) in [5.74, 6) is 1.04. The van der Waals surface area contributed by atoms with Crippen LogP contribution in [0.25, 0.3) is 0 Å². The maximum absolute atomic E-state index is 6.55. The predicted molar refractivity (Wildman–Crippen MR) is 152 cm³/mol. The molecule has 0 bridgehead atoms. The summed E-state index contributed by atoms with van der Waals surface area (Å²) in [5.41, 5.74) is 2.77. The standard InChI is InChI=1S/C28H52Br2O3/c1-7-9-17-31-27(19-25(21-29)15-11-13-23(3)4)33-28(32-18-10-8-2)20-26(22-30)16-12-14-24(5)6/h13-14,25-28H,7-12,15-22H2,1-6H3. The van der Waals surface area contributed by atoms with E-state index in [4.69, 9.17) is 14.2 Å². The molecule has 0 heterocycles. The Bertz CT molecular complexity index is 455. The smallest absolute Gasteiger partial charge is 0.161 e. The quantitative estimate of drug-likeness (QED) is 0.0539. The third-order valence-electron chi connectivity index (χ3n) is 5.65. The molecule has 0 aliphatic rings. The van der Waals surface area contributed by atoms with E-state index < -0.39 is 0 Å². The second kappa shape index (κ2) is 22.8. The van der Waals surface area contributed by atoms with Crippen molar-refractivity contribution in [2.75, 3.05) is 23.9 Å². The molecule has 3 nitrogen and oxygen atoms in total. The number of halogens is 2. The van der Waals surface area contributed by atoms with E-state index in [1.165, 1.54) is 11.1 Å². The Balaban J connectivity index is 5.18. The molecule has 0 saturated heterocycles. The maximum atomic E-state index is 6.55. The summed E-state index contributed by atoms with van der Waals surface area (Å²) in [6.07, 6.45) is 14.9. The lowest BCUT2D eigenvalue weighted by Crippen LogP contribution is -2.31. The van der Waals surface area contributed by atoms with Gasteiger partial charge in [-0.1, -0.05) is 81.8 Å². The van der Waals surface area contributed by atoms with E-state index in [1.54, 1.807) is 0 Å². The van der Waals surface area contributed by atoms with Gasteiger partial charge < -0.3 is 14.2 Å². The van der Waals surface area contributed by atoms with Gasteiger partial charge in [0.25, 0.3) is 0 Å². The lowest BCUT2D eigenvalue weighted by atomic mass is 9.99. The Labute approximate surface area is 222 Å². The highest BCUT2D eigenvalue weighted by atomic mass is 79.9. The molecule has 0 amide bonds. The van der Waals surface area contributed by atoms with Crippen molar-refractivity contribution in [3.05, 3.63) is 23.3 Å². The van der Waals surface area contributed by atoms with Gasteiger partial charge in [0, 0.05) is 36.7 Å². The molecule has 0 spiro atoms. The Hall–Kier alpha value is 0.320. The fraction of sp³-hybridized carbons (Fsp3) is 0.857. The zero-order valence-electron chi connectivity index (χ0n) is 22.3. The monoisotopic (exact) mass is 594 g/mol. The van der Waals surface area contributed by atoms with Crippen molar-refractivity contribution < 1.29 is 14.2 Å². The van der Waals surface area contributed by atoms with Gasteiger partial charge in [-0.05, 0) is 78.1 Å². The van der Waals surface area contributed by atoms with Crippen molar-refractivity contribution in [1.82, 2.24) is 0 Å². The van der Waals surface area contributed by atoms with E-state index in [0.717, 1.165) is 88.1 Å². The Kier molecular flexibility index (Phi) is 23.0. The minimum absolute atomic E-state index is 0.216. The van der Waals surface area contributed by atoms with Crippen LogP contribution in [0.1, 0.15) is 106 Å². The van der Waals surface area contributed by atoms with E-state index in [0.29, 0.717) is 11.8 Å². The molecule has 4 atom stereocenters. The Morgan fingerprint density at radius 3 is 1.39 bits per heavy atom. The SMILES string of the molecule is CCCCOC(CC(CBr)CCC=C(C)C)OC(CC(CBr)CCC=C(C)C)OCCCC. The summed E-state index contributed by atoms with van der Waals surface area (Å²) in [7, 11) is 0. The van der Waals surface area contributed by atoms with Crippen molar-refractivity contribution in [1.29, 1.82) is 0 Å². The molecule has 0 rings (SSSR count). The summed E-state index contributed by atoms with van der Waals surface area (Å²) in [6.45, 7) is 14.5. The third kappa shape index (κ3) is 20.2. The lowest BCUT2D eigenvalue weighted by Gasteiger charge is -2.29. The first-order valence-corrected chi connectivity index (χ1v) is 15.4. The van der Waals surface area contributed by atoms with Crippen LogP contribution in [-0.2, 0) is 14.2 Å². The molecule has 0 aliphatic carbocycles. The second-order valence-electron chi connectivity index (χ2n) is 9.67. The number of alkyl halides is 2. The van der Waals surface area contributed by atoms with Crippen molar-refractivity contribution >= 4 is 31.9 Å². The van der Waals surface area contributed by atoms with Crippen LogP contribution in [0.4, 0.5) is 0 Å². The van der Waals surface area contributed by atoms with Crippen LogP contribution in [0.5, 0.6) is 0 Å². The summed E-state index contributed by atoms with van der Waals surface area (Å²) >= 11 is 7.46. The summed E-state index contributed by atoms with van der Waals surface area (Å²) < 4.78 is 19.0. The molecular weight excluding hydrogens is 544 g/mol. The van der Waals surface area contributed by atoms with Gasteiger partial charge in [0.05, 0.1) is 0 Å². The first kappa shape index (κ1) is 33.3. The lowest BCUT2D eigenvalue weighted by molar-refractivity contribution is -0.255. The Morgan fingerprint density at radius 1 is 0.697 bits per heavy atom. The van der Waals surface area contributed by atoms with Crippen LogP contribution in [0.15, 0.2) is 23.3 Å². The highest BCUT2D eigenvalue weighted by molar-refractivity contribution is 9.09. The average molecular weight is 597 g/mol. The first-order chi connectivity index (χ1) is 15.9. The normalized spacial score (nSPS) is 15.0. The minimum atomic E-state index is -0.216. The van der Waals surface area contributed by atoms with Crippen LogP contribution < -0.4 is 0 Å². The summed E-state index contributed by atoms with van der Waals surface area (Å²) in [6, 6.07) is 0. The van der Waals surface area contributed by atoms with Crippen LogP contribution in [0, 0.1) is 11.8 Å². The van der Waals surface area contributed by atoms with Gasteiger partial charge in [-0.3, -0.25) is 0 Å². The molecule has 0 N–H and O–H groups in total. The van der Waals surface area contributed by atoms with Crippen LogP contribution in [-0.4, -0.2) is 36.5 Å². The fourth-order valence-electron chi connectivity index (χ4n) is 3.49. The molecular formula is C28H52Br2O3. The van der Waals surface area contributed by atoms with Crippen molar-refractivity contribution in [2.24, 2.45) is 11.8 Å². The predicted octanol–water partition coefficient (Wildman–Crippen LogP) is 9.58. The molecule has 0 radical (unpaired) electrons. The number of rotatable bonds is 22. The number of ether oxygens (including phenoxy) is 3. The molecule has 5 heteroatoms. The van der Waals surface area contributed by atoms with Gasteiger partial charge in [-0.2, -0.15) is 0 Å². The van der Waals surface area contributed by atoms with E-state index in [1.807, 2.05) is 0 Å². The number of unbranched alkanes of at least 4 members (excludes halogenated alkanes) is 2. The highest BCUT2D eigenvalue weighted by Crippen LogP contribution is 2.25. The van der Waals surface area contributed by atoms with E-state index in [2.05, 4.69) is 85.6 Å². The number of hydrogen-bond acceptors (Lipinski definition) is 3. The largest absolute Gasteiger partial charge is 0.353 e. The maximum Gasteiger partial charge on any atom is 0.161 e. The van der Waals surface area contributed by atoms with Gasteiger partial charge in [-0.15, -0.1) is 0 Å². The zero-order valence-corrected chi connectivity index (χ0v) is 25.5. The fourth-order valence-corrected chi connectivity index (χ4v) is 4.67. The van der Waals surface area contributed by atoms with Gasteiger partial charge in [0.1, 0.15) is 0 Å². The second-order valence-corrected chi connectivity index (χ2v) is 11.0. The van der Waals surface area contributed by atoms with Crippen molar-refractivity contribution in [2.45, 2.75) is 118 Å². The van der Waals surface area contributed by atoms with Crippen molar-refractivity contribution in [3.63, 3.8) is 0 Å². The molecule has 4 unspecified atom stereocenters. The molecule has 0 saturated carbocycles. The number of hydrogen-bond donors (Lipinski definition) is 0. The molecule has 0 aromatic rings. The van der Waals surface area contributed by atoms with Gasteiger partial charge in [-0.25, -0.2) is 0 Å². The third-order valence-corrected chi connectivity index (χ3v) is 7.48. The van der Waals surface area contributed by atoms with Crippen LogP contribution in [0.2, 0.25) is 0 Å². The summed E-state index contributed by atoms with van der Waals surface area (Å²) in [4.78, 5) is 0. The van der Waals surface area contributed by atoms with Crippen LogP contribution >= 0.6 is 31.9 Å². The molecule has 0 aromatic carbocycles. The van der Waals surface area contributed by atoms with E-state index in [-0.39, 0.29) is 12.6 Å². The molecule has 0 aromatic heterocycles. The summed E-state index contributed by atoms with van der Waals surface area (Å²) in [5, 5.41) is 1.93. The van der Waals surface area contributed by atoms with Gasteiger partial charge in [0.15, 0.2) is 12.6 Å². The van der Waals surface area contributed by atoms with E-state index >= 15 is 0 Å². The van der Waals surface area contributed by atoms with E-state index in [9.17, 15) is 0 Å². The zero-order chi connectivity index (χ0) is 24.9. The Morgan fingerprint density at radius 2 is 1.09 bits per heavy atom. The van der Waals surface area contributed by atoms with Crippen LogP contribution in [0.3, 0.4) is 0 Å².